The van der Waals surface area contributed by atoms with Gasteiger partial charge in [-0.25, -0.2) is 4.39 Å². The second kappa shape index (κ2) is 6.39. The van der Waals surface area contributed by atoms with Crippen LogP contribution in [-0.4, -0.2) is 24.4 Å². The third-order valence-electron chi connectivity index (χ3n) is 2.06. The lowest BCUT2D eigenvalue weighted by atomic mass is 10.2. The van der Waals surface area contributed by atoms with Crippen LogP contribution in [0.15, 0.2) is 23.1 Å². The van der Waals surface area contributed by atoms with E-state index >= 15 is 0 Å². The summed E-state index contributed by atoms with van der Waals surface area (Å²) in [4.78, 5) is 23.4. The summed E-state index contributed by atoms with van der Waals surface area (Å²) in [6.45, 7) is 3.48. The minimum absolute atomic E-state index is 0.00371. The van der Waals surface area contributed by atoms with Gasteiger partial charge in [-0.3, -0.25) is 9.59 Å². The van der Waals surface area contributed by atoms with Gasteiger partial charge >= 0.3 is 0 Å². The Morgan fingerprint density at radius 3 is 2.67 bits per heavy atom. The predicted octanol–water partition coefficient (Wildman–Crippen LogP) is 1.37. The van der Waals surface area contributed by atoms with E-state index in [-0.39, 0.29) is 24.1 Å². The first kappa shape index (κ1) is 14.5. The van der Waals surface area contributed by atoms with Crippen molar-refractivity contribution in [2.75, 3.05) is 6.54 Å². The van der Waals surface area contributed by atoms with Gasteiger partial charge in [0.05, 0.1) is 12.1 Å². The standard InChI is InChI=1S/C12H15FN2O2S/c1-7(2)15-11(16)6-14-12(17)9-5-8(13)3-4-10(9)18/h3-5,7,18H,6H2,1-2H3,(H,14,17)(H,15,16). The van der Waals surface area contributed by atoms with Crippen LogP contribution in [-0.2, 0) is 4.79 Å². The van der Waals surface area contributed by atoms with Gasteiger partial charge in [0.15, 0.2) is 0 Å². The molecule has 2 N–H and O–H groups in total. The van der Waals surface area contributed by atoms with Crippen LogP contribution < -0.4 is 10.6 Å². The maximum Gasteiger partial charge on any atom is 0.252 e. The summed E-state index contributed by atoms with van der Waals surface area (Å²) in [5.74, 6) is -1.35. The van der Waals surface area contributed by atoms with Crippen LogP contribution in [0.2, 0.25) is 0 Å². The summed E-state index contributed by atoms with van der Waals surface area (Å²) >= 11 is 4.06. The topological polar surface area (TPSA) is 58.2 Å². The van der Waals surface area contributed by atoms with E-state index in [1.165, 1.54) is 12.1 Å². The fourth-order valence-electron chi connectivity index (χ4n) is 1.32. The molecule has 0 aromatic heterocycles. The molecule has 0 atom stereocenters. The number of rotatable bonds is 4. The summed E-state index contributed by atoms with van der Waals surface area (Å²) in [5, 5.41) is 5.03. The normalized spacial score (nSPS) is 10.3. The van der Waals surface area contributed by atoms with E-state index in [0.717, 1.165) is 6.07 Å². The Kier molecular flexibility index (Phi) is 5.15. The van der Waals surface area contributed by atoms with Gasteiger partial charge in [0.2, 0.25) is 5.91 Å². The summed E-state index contributed by atoms with van der Waals surface area (Å²) in [5.41, 5.74) is 0.107. The summed E-state index contributed by atoms with van der Waals surface area (Å²) in [6.07, 6.45) is 0. The number of hydrogen-bond donors (Lipinski definition) is 3. The van der Waals surface area contributed by atoms with Crippen molar-refractivity contribution in [3.05, 3.63) is 29.6 Å². The van der Waals surface area contributed by atoms with Crippen molar-refractivity contribution < 1.29 is 14.0 Å². The largest absolute Gasteiger partial charge is 0.352 e. The van der Waals surface area contributed by atoms with Crippen molar-refractivity contribution in [2.24, 2.45) is 0 Å². The second-order valence-corrected chi connectivity index (χ2v) is 4.55. The molecule has 1 aromatic rings. The molecular formula is C12H15FN2O2S. The van der Waals surface area contributed by atoms with Crippen molar-refractivity contribution in [1.29, 1.82) is 0 Å². The molecular weight excluding hydrogens is 255 g/mol. The van der Waals surface area contributed by atoms with Crippen LogP contribution >= 0.6 is 12.6 Å². The molecule has 0 aliphatic heterocycles. The first-order valence-corrected chi connectivity index (χ1v) is 5.91. The molecule has 2 amide bonds. The number of benzene rings is 1. The van der Waals surface area contributed by atoms with Crippen LogP contribution in [0.4, 0.5) is 4.39 Å². The van der Waals surface area contributed by atoms with Gasteiger partial charge in [-0.05, 0) is 32.0 Å². The number of halogens is 1. The van der Waals surface area contributed by atoms with Crippen LogP contribution in [0.3, 0.4) is 0 Å². The number of nitrogens with one attached hydrogen (secondary N) is 2. The number of hydrogen-bond acceptors (Lipinski definition) is 3. The van der Waals surface area contributed by atoms with Crippen LogP contribution in [0, 0.1) is 5.82 Å². The number of amides is 2. The van der Waals surface area contributed by atoms with E-state index in [9.17, 15) is 14.0 Å². The minimum atomic E-state index is -0.529. The highest BCUT2D eigenvalue weighted by Crippen LogP contribution is 2.14. The molecule has 0 spiro atoms. The molecule has 0 fully saturated rings. The zero-order chi connectivity index (χ0) is 13.7. The molecule has 0 bridgehead atoms. The van der Waals surface area contributed by atoms with Gasteiger partial charge in [0.1, 0.15) is 5.82 Å². The Bertz CT molecular complexity index is 463. The molecule has 18 heavy (non-hydrogen) atoms. The number of carbonyl (C=O) groups excluding carboxylic acids is 2. The first-order valence-electron chi connectivity index (χ1n) is 5.46. The molecule has 98 valence electrons. The van der Waals surface area contributed by atoms with Crippen LogP contribution in [0.25, 0.3) is 0 Å². The van der Waals surface area contributed by atoms with Gasteiger partial charge < -0.3 is 10.6 Å². The quantitative estimate of drug-likeness (QED) is 0.724. The van der Waals surface area contributed by atoms with Gasteiger partial charge in [-0.2, -0.15) is 0 Å². The zero-order valence-electron chi connectivity index (χ0n) is 10.2. The fourth-order valence-corrected chi connectivity index (χ4v) is 1.56. The smallest absolute Gasteiger partial charge is 0.252 e. The lowest BCUT2D eigenvalue weighted by Gasteiger charge is -2.10. The molecule has 0 unspecified atom stereocenters. The Balaban J connectivity index is 2.60. The Morgan fingerprint density at radius 2 is 2.06 bits per heavy atom. The third kappa shape index (κ3) is 4.37. The molecule has 0 saturated heterocycles. The predicted molar refractivity (Wildman–Crippen MR) is 69.3 cm³/mol. The summed E-state index contributed by atoms with van der Waals surface area (Å²) < 4.78 is 13.0. The van der Waals surface area contributed by atoms with Gasteiger partial charge in [-0.15, -0.1) is 12.6 Å². The van der Waals surface area contributed by atoms with Crippen molar-refractivity contribution in [3.63, 3.8) is 0 Å². The van der Waals surface area contributed by atoms with E-state index in [2.05, 4.69) is 23.3 Å². The lowest BCUT2D eigenvalue weighted by molar-refractivity contribution is -0.120. The lowest BCUT2D eigenvalue weighted by Crippen LogP contribution is -2.39. The highest BCUT2D eigenvalue weighted by atomic mass is 32.1. The van der Waals surface area contributed by atoms with Gasteiger partial charge in [-0.1, -0.05) is 0 Å². The average Bonchev–Trinajstić information content (AvgIpc) is 2.28. The summed E-state index contributed by atoms with van der Waals surface area (Å²) in [6, 6.07) is 3.69. The molecule has 4 nitrogen and oxygen atoms in total. The van der Waals surface area contributed by atoms with Crippen molar-refractivity contribution >= 4 is 24.4 Å². The van der Waals surface area contributed by atoms with Crippen LogP contribution in [0.1, 0.15) is 24.2 Å². The molecule has 1 aromatic carbocycles. The second-order valence-electron chi connectivity index (χ2n) is 4.07. The van der Waals surface area contributed by atoms with E-state index in [1.807, 2.05) is 13.8 Å². The van der Waals surface area contributed by atoms with Gasteiger partial charge in [0, 0.05) is 10.9 Å². The average molecular weight is 270 g/mol. The van der Waals surface area contributed by atoms with E-state index < -0.39 is 11.7 Å². The highest BCUT2D eigenvalue weighted by Gasteiger charge is 2.12. The SMILES string of the molecule is CC(C)NC(=O)CNC(=O)c1cc(F)ccc1S. The van der Waals surface area contributed by atoms with Gasteiger partial charge in [0.25, 0.3) is 5.91 Å². The molecule has 0 radical (unpaired) electrons. The number of thiol groups is 1. The fraction of sp³-hybridized carbons (Fsp3) is 0.333. The Morgan fingerprint density at radius 1 is 1.39 bits per heavy atom. The zero-order valence-corrected chi connectivity index (χ0v) is 11.1. The molecule has 0 saturated carbocycles. The molecule has 0 aliphatic carbocycles. The minimum Gasteiger partial charge on any atom is -0.352 e. The third-order valence-corrected chi connectivity index (χ3v) is 2.45. The van der Waals surface area contributed by atoms with E-state index in [4.69, 9.17) is 0 Å². The van der Waals surface area contributed by atoms with E-state index in [0.29, 0.717) is 4.90 Å². The Hall–Kier alpha value is -1.56. The maximum absolute atomic E-state index is 13.0. The molecule has 1 rings (SSSR count). The first-order chi connectivity index (χ1) is 8.40. The molecule has 0 heterocycles. The van der Waals surface area contributed by atoms with Crippen LogP contribution in [0.5, 0.6) is 0 Å². The highest BCUT2D eigenvalue weighted by molar-refractivity contribution is 7.80. The monoisotopic (exact) mass is 270 g/mol. The van der Waals surface area contributed by atoms with Crippen molar-refractivity contribution in [1.82, 2.24) is 10.6 Å². The maximum atomic E-state index is 13.0. The number of carbonyl (C=O) groups is 2. The van der Waals surface area contributed by atoms with Crippen molar-refractivity contribution in [2.45, 2.75) is 24.8 Å². The summed E-state index contributed by atoms with van der Waals surface area (Å²) in [7, 11) is 0. The Labute approximate surface area is 110 Å². The van der Waals surface area contributed by atoms with Crippen molar-refractivity contribution in [3.8, 4) is 0 Å². The molecule has 6 heteroatoms. The molecule has 0 aliphatic rings. The van der Waals surface area contributed by atoms with E-state index in [1.54, 1.807) is 0 Å².